The van der Waals surface area contributed by atoms with Crippen LogP contribution in [0.15, 0.2) is 22.4 Å². The van der Waals surface area contributed by atoms with Gasteiger partial charge in [0.05, 0.1) is 10.6 Å². The summed E-state index contributed by atoms with van der Waals surface area (Å²) in [6.45, 7) is 3.42. The molecule has 8 heteroatoms. The number of hydrogen-bond donors (Lipinski definition) is 2. The van der Waals surface area contributed by atoms with E-state index < -0.39 is 10.0 Å². The summed E-state index contributed by atoms with van der Waals surface area (Å²) < 4.78 is 27.0. The average Bonchev–Trinajstić information content (AvgIpc) is 2.68. The van der Waals surface area contributed by atoms with Crippen molar-refractivity contribution in [2.75, 3.05) is 10.5 Å². The molecule has 1 aromatic heterocycles. The van der Waals surface area contributed by atoms with E-state index in [2.05, 4.69) is 9.71 Å². The molecule has 1 heterocycles. The predicted molar refractivity (Wildman–Crippen MR) is 78.3 cm³/mol. The van der Waals surface area contributed by atoms with Crippen molar-refractivity contribution in [3.8, 4) is 0 Å². The van der Waals surface area contributed by atoms with Crippen LogP contribution in [0.25, 0.3) is 0 Å². The molecule has 19 heavy (non-hydrogen) atoms. The van der Waals surface area contributed by atoms with Crippen LogP contribution in [0.3, 0.4) is 0 Å². The van der Waals surface area contributed by atoms with E-state index in [1.165, 1.54) is 23.5 Å². The molecule has 3 N–H and O–H groups in total. The molecule has 0 aliphatic rings. The van der Waals surface area contributed by atoms with Gasteiger partial charge in [-0.05, 0) is 31.5 Å². The smallest absolute Gasteiger partial charge is 0.264 e. The maximum Gasteiger partial charge on any atom is 0.264 e. The number of rotatable bonds is 3. The minimum atomic E-state index is -3.74. The third kappa shape index (κ3) is 2.99. The van der Waals surface area contributed by atoms with Crippen molar-refractivity contribution in [2.24, 2.45) is 0 Å². The van der Waals surface area contributed by atoms with Crippen LogP contribution in [-0.2, 0) is 10.0 Å². The van der Waals surface area contributed by atoms with Crippen LogP contribution >= 0.6 is 22.9 Å². The van der Waals surface area contributed by atoms with Crippen LogP contribution in [0.5, 0.6) is 0 Å². The average molecular weight is 318 g/mol. The molecule has 0 unspecified atom stereocenters. The molecule has 0 saturated heterocycles. The molecule has 0 atom stereocenters. The summed E-state index contributed by atoms with van der Waals surface area (Å²) in [7, 11) is -3.74. The Labute approximate surface area is 120 Å². The van der Waals surface area contributed by atoms with Gasteiger partial charge in [-0.15, -0.1) is 11.3 Å². The fraction of sp³-hybridized carbons (Fsp3) is 0.182. The summed E-state index contributed by atoms with van der Waals surface area (Å²) in [4.78, 5) is 4.12. The second kappa shape index (κ2) is 4.99. The first-order valence-electron chi connectivity index (χ1n) is 5.30. The third-order valence-electron chi connectivity index (χ3n) is 2.50. The standard InChI is InChI=1S/C11H12ClN3O2S2/c1-6-5-18-11(14-6)15-19(16,17)10-4-8(12)3-9(13)7(10)2/h3-5H,13H2,1-2H3,(H,14,15). The van der Waals surface area contributed by atoms with Crippen molar-refractivity contribution in [1.29, 1.82) is 0 Å². The predicted octanol–water partition coefficient (Wildman–Crippen LogP) is 2.80. The van der Waals surface area contributed by atoms with Gasteiger partial charge in [-0.2, -0.15) is 0 Å². The van der Waals surface area contributed by atoms with Gasteiger partial charge in [-0.1, -0.05) is 11.6 Å². The van der Waals surface area contributed by atoms with Gasteiger partial charge in [-0.25, -0.2) is 13.4 Å². The summed E-state index contributed by atoms with van der Waals surface area (Å²) in [5, 5.41) is 2.35. The Bertz CT molecular complexity index is 726. The first-order chi connectivity index (χ1) is 8.79. The quantitative estimate of drug-likeness (QED) is 0.852. The van der Waals surface area contributed by atoms with Crippen LogP contribution in [0.1, 0.15) is 11.3 Å². The van der Waals surface area contributed by atoms with Gasteiger partial charge < -0.3 is 5.73 Å². The molecule has 102 valence electrons. The first kappa shape index (κ1) is 14.1. The fourth-order valence-electron chi connectivity index (χ4n) is 1.52. The minimum Gasteiger partial charge on any atom is -0.398 e. The van der Waals surface area contributed by atoms with E-state index in [-0.39, 0.29) is 9.92 Å². The Morgan fingerprint density at radius 3 is 2.63 bits per heavy atom. The van der Waals surface area contributed by atoms with Gasteiger partial charge in [0.1, 0.15) is 0 Å². The van der Waals surface area contributed by atoms with Crippen LogP contribution in [0.2, 0.25) is 5.02 Å². The molecule has 2 rings (SSSR count). The van der Waals surface area contributed by atoms with Gasteiger partial charge in [-0.3, -0.25) is 4.72 Å². The molecule has 0 saturated carbocycles. The van der Waals surface area contributed by atoms with E-state index in [1.807, 2.05) is 0 Å². The van der Waals surface area contributed by atoms with Crippen molar-refractivity contribution >= 4 is 43.8 Å². The van der Waals surface area contributed by atoms with Crippen molar-refractivity contribution < 1.29 is 8.42 Å². The number of nitrogen functional groups attached to an aromatic ring is 1. The highest BCUT2D eigenvalue weighted by molar-refractivity contribution is 7.93. The van der Waals surface area contributed by atoms with E-state index >= 15 is 0 Å². The maximum atomic E-state index is 12.3. The highest BCUT2D eigenvalue weighted by atomic mass is 35.5. The molecule has 0 radical (unpaired) electrons. The molecule has 1 aromatic carbocycles. The zero-order chi connectivity index (χ0) is 14.2. The van der Waals surface area contributed by atoms with Crippen molar-refractivity contribution in [3.05, 3.63) is 33.8 Å². The molecule has 0 aliphatic heterocycles. The third-order valence-corrected chi connectivity index (χ3v) is 5.18. The molecular formula is C11H12ClN3O2S2. The number of aromatic nitrogens is 1. The van der Waals surface area contributed by atoms with Gasteiger partial charge in [0.15, 0.2) is 5.13 Å². The summed E-state index contributed by atoms with van der Waals surface area (Å²) in [6, 6.07) is 2.89. The Morgan fingerprint density at radius 2 is 2.05 bits per heavy atom. The molecule has 0 aliphatic carbocycles. The number of aryl methyl sites for hydroxylation is 1. The Hall–Kier alpha value is -1.31. The fourth-order valence-corrected chi connectivity index (χ4v) is 4.06. The monoisotopic (exact) mass is 317 g/mol. The number of thiazole rings is 1. The van der Waals surface area contributed by atoms with Gasteiger partial charge in [0, 0.05) is 16.1 Å². The molecule has 0 fully saturated rings. The summed E-state index contributed by atoms with van der Waals surface area (Å²) in [6.07, 6.45) is 0. The van der Waals surface area contributed by atoms with Crippen LogP contribution in [0.4, 0.5) is 10.8 Å². The number of anilines is 2. The number of nitrogens with zero attached hydrogens (tertiary/aromatic N) is 1. The lowest BCUT2D eigenvalue weighted by Crippen LogP contribution is -2.15. The molecule has 2 aromatic rings. The Kier molecular flexibility index (Phi) is 3.71. The van der Waals surface area contributed by atoms with Gasteiger partial charge in [0.2, 0.25) is 0 Å². The van der Waals surface area contributed by atoms with E-state index in [9.17, 15) is 8.42 Å². The van der Waals surface area contributed by atoms with E-state index in [0.29, 0.717) is 16.4 Å². The highest BCUT2D eigenvalue weighted by Gasteiger charge is 2.20. The molecule has 5 nitrogen and oxygen atoms in total. The second-order valence-electron chi connectivity index (χ2n) is 4.02. The SMILES string of the molecule is Cc1csc(NS(=O)(=O)c2cc(Cl)cc(N)c2C)n1. The zero-order valence-electron chi connectivity index (χ0n) is 10.3. The first-order valence-corrected chi connectivity index (χ1v) is 8.04. The van der Waals surface area contributed by atoms with Crippen molar-refractivity contribution in [1.82, 2.24) is 4.98 Å². The molecular weight excluding hydrogens is 306 g/mol. The van der Waals surface area contributed by atoms with E-state index in [0.717, 1.165) is 5.69 Å². The number of nitrogens with two attached hydrogens (primary N) is 1. The van der Waals surface area contributed by atoms with Crippen LogP contribution < -0.4 is 10.5 Å². The topological polar surface area (TPSA) is 85.1 Å². The van der Waals surface area contributed by atoms with E-state index in [4.69, 9.17) is 17.3 Å². The zero-order valence-corrected chi connectivity index (χ0v) is 12.7. The number of benzene rings is 1. The Balaban J connectivity index is 2.45. The lowest BCUT2D eigenvalue weighted by molar-refractivity contribution is 0.600. The van der Waals surface area contributed by atoms with Crippen LogP contribution in [-0.4, -0.2) is 13.4 Å². The van der Waals surface area contributed by atoms with Crippen LogP contribution in [0, 0.1) is 13.8 Å². The molecule has 0 amide bonds. The van der Waals surface area contributed by atoms with Gasteiger partial charge in [0.25, 0.3) is 10.0 Å². The number of hydrogen-bond acceptors (Lipinski definition) is 5. The Morgan fingerprint density at radius 1 is 1.37 bits per heavy atom. The summed E-state index contributed by atoms with van der Waals surface area (Å²) in [5.74, 6) is 0. The second-order valence-corrected chi connectivity index (χ2v) is 6.96. The number of halogens is 1. The van der Waals surface area contributed by atoms with Crippen molar-refractivity contribution in [2.45, 2.75) is 18.7 Å². The maximum absolute atomic E-state index is 12.3. The highest BCUT2D eigenvalue weighted by Crippen LogP contribution is 2.28. The summed E-state index contributed by atoms with van der Waals surface area (Å²) >= 11 is 7.07. The largest absolute Gasteiger partial charge is 0.398 e. The normalized spacial score (nSPS) is 11.5. The molecule has 0 spiro atoms. The number of sulfonamides is 1. The van der Waals surface area contributed by atoms with Crippen molar-refractivity contribution in [3.63, 3.8) is 0 Å². The van der Waals surface area contributed by atoms with E-state index in [1.54, 1.807) is 19.2 Å². The lowest BCUT2D eigenvalue weighted by Gasteiger charge is -2.10. The molecule has 0 bridgehead atoms. The summed E-state index contributed by atoms with van der Waals surface area (Å²) in [5.41, 5.74) is 7.28. The number of nitrogens with one attached hydrogen (secondary N) is 1. The van der Waals surface area contributed by atoms with Gasteiger partial charge >= 0.3 is 0 Å². The minimum absolute atomic E-state index is 0.0605. The lowest BCUT2D eigenvalue weighted by atomic mass is 10.2.